The number of rotatable bonds is 1. The van der Waals surface area contributed by atoms with Gasteiger partial charge in [-0.2, -0.15) is 5.10 Å². The van der Waals surface area contributed by atoms with Gasteiger partial charge in [-0.3, -0.25) is 0 Å². The monoisotopic (exact) mass is 192 g/mol. The van der Waals surface area contributed by atoms with E-state index in [1.807, 2.05) is 0 Å². The summed E-state index contributed by atoms with van der Waals surface area (Å²) in [6, 6.07) is 0. The lowest BCUT2D eigenvalue weighted by atomic mass is 10.0. The molecule has 1 saturated heterocycles. The lowest BCUT2D eigenvalue weighted by Crippen LogP contribution is -2.56. The van der Waals surface area contributed by atoms with Crippen LogP contribution in [0.2, 0.25) is 0 Å². The first-order valence-electron chi connectivity index (χ1n) is 3.70. The van der Waals surface area contributed by atoms with E-state index in [1.165, 1.54) is 0 Å². The van der Waals surface area contributed by atoms with E-state index < -0.39 is 31.2 Å². The van der Waals surface area contributed by atoms with Crippen LogP contribution in [0.15, 0.2) is 5.10 Å². The summed E-state index contributed by atoms with van der Waals surface area (Å²) in [5.74, 6) is 4.85. The number of hydrazone groups is 1. The predicted molar refractivity (Wildman–Crippen MR) is 41.6 cm³/mol. The maximum Gasteiger partial charge on any atom is 0.199 e. The molecule has 0 aromatic heterocycles. The second-order valence-electron chi connectivity index (χ2n) is 2.70. The van der Waals surface area contributed by atoms with Crippen molar-refractivity contribution in [2.45, 2.75) is 24.6 Å². The minimum atomic E-state index is -1.49. The molecule has 1 unspecified atom stereocenters. The zero-order chi connectivity index (χ0) is 10.0. The van der Waals surface area contributed by atoms with Crippen molar-refractivity contribution in [2.75, 3.05) is 6.61 Å². The van der Waals surface area contributed by atoms with Gasteiger partial charge in [-0.1, -0.05) is 0 Å². The van der Waals surface area contributed by atoms with Gasteiger partial charge in [0.2, 0.25) is 0 Å². The van der Waals surface area contributed by atoms with Gasteiger partial charge >= 0.3 is 0 Å². The van der Waals surface area contributed by atoms with E-state index in [4.69, 9.17) is 20.8 Å². The highest BCUT2D eigenvalue weighted by molar-refractivity contribution is 5.92. The van der Waals surface area contributed by atoms with Crippen molar-refractivity contribution in [3.8, 4) is 0 Å². The third kappa shape index (κ3) is 1.79. The van der Waals surface area contributed by atoms with E-state index in [9.17, 15) is 10.2 Å². The highest BCUT2D eigenvalue weighted by Crippen LogP contribution is 2.16. The minimum absolute atomic E-state index is 0.253. The Morgan fingerprint density at radius 3 is 2.46 bits per heavy atom. The Balaban J connectivity index is 2.79. The summed E-state index contributed by atoms with van der Waals surface area (Å²) in [7, 11) is 0. The standard InChI is InChI=1S/C6H12N2O5/c7-8-3-5(11)4(10)2(1-9)13-6(3)12/h2,4-6,9-12H,1,7H2/t2-,4-,5-,6?/m1/s1. The first-order chi connectivity index (χ1) is 6.11. The highest BCUT2D eigenvalue weighted by atomic mass is 16.6. The summed E-state index contributed by atoms with van der Waals surface area (Å²) in [5.41, 5.74) is -0.253. The van der Waals surface area contributed by atoms with E-state index in [1.54, 1.807) is 0 Å². The number of hydrogen-bond donors (Lipinski definition) is 5. The Morgan fingerprint density at radius 2 is 2.00 bits per heavy atom. The van der Waals surface area contributed by atoms with Crippen LogP contribution >= 0.6 is 0 Å². The van der Waals surface area contributed by atoms with Crippen LogP contribution in [0.1, 0.15) is 0 Å². The van der Waals surface area contributed by atoms with E-state index in [-0.39, 0.29) is 5.71 Å². The lowest BCUT2D eigenvalue weighted by Gasteiger charge is -2.34. The molecule has 0 bridgehead atoms. The molecule has 1 aliphatic rings. The molecule has 0 aromatic carbocycles. The number of nitrogens with zero attached hydrogens (tertiary/aromatic N) is 1. The smallest absolute Gasteiger partial charge is 0.199 e. The zero-order valence-corrected chi connectivity index (χ0v) is 6.74. The molecule has 0 aliphatic carbocycles. The molecule has 0 radical (unpaired) electrons. The molecular weight excluding hydrogens is 180 g/mol. The van der Waals surface area contributed by atoms with E-state index in [0.717, 1.165) is 0 Å². The van der Waals surface area contributed by atoms with Gasteiger partial charge in [0.1, 0.15) is 24.0 Å². The molecule has 6 N–H and O–H groups in total. The Hall–Kier alpha value is -0.730. The van der Waals surface area contributed by atoms with Crippen molar-refractivity contribution in [3.63, 3.8) is 0 Å². The molecule has 0 saturated carbocycles. The van der Waals surface area contributed by atoms with Crippen LogP contribution < -0.4 is 5.84 Å². The third-order valence-electron chi connectivity index (χ3n) is 1.89. The number of aliphatic hydroxyl groups excluding tert-OH is 4. The summed E-state index contributed by atoms with van der Waals surface area (Å²) in [4.78, 5) is 0. The number of aliphatic hydroxyl groups is 4. The van der Waals surface area contributed by atoms with Crippen molar-refractivity contribution in [1.29, 1.82) is 0 Å². The zero-order valence-electron chi connectivity index (χ0n) is 6.74. The summed E-state index contributed by atoms with van der Waals surface area (Å²) in [6.45, 7) is -0.507. The SMILES string of the molecule is NN=C1C(O)O[C@H](CO)[C@@H](O)[C@@H]1O. The molecule has 1 fully saturated rings. The lowest BCUT2D eigenvalue weighted by molar-refractivity contribution is -0.181. The van der Waals surface area contributed by atoms with Crippen molar-refractivity contribution in [3.05, 3.63) is 0 Å². The van der Waals surface area contributed by atoms with Crippen LogP contribution in [-0.2, 0) is 4.74 Å². The average Bonchev–Trinajstić information content (AvgIpc) is 2.12. The van der Waals surface area contributed by atoms with E-state index in [2.05, 4.69) is 5.10 Å². The van der Waals surface area contributed by atoms with Crippen LogP contribution in [0.5, 0.6) is 0 Å². The molecule has 1 rings (SSSR count). The Morgan fingerprint density at radius 1 is 1.38 bits per heavy atom. The molecule has 76 valence electrons. The van der Waals surface area contributed by atoms with Crippen LogP contribution in [0.3, 0.4) is 0 Å². The molecule has 7 nitrogen and oxygen atoms in total. The fourth-order valence-electron chi connectivity index (χ4n) is 1.13. The maximum atomic E-state index is 9.30. The Bertz CT molecular complexity index is 209. The first-order valence-corrected chi connectivity index (χ1v) is 3.70. The summed E-state index contributed by atoms with van der Waals surface area (Å²) >= 11 is 0. The molecule has 0 spiro atoms. The van der Waals surface area contributed by atoms with Gasteiger partial charge in [-0.25, -0.2) is 0 Å². The number of hydrogen-bond acceptors (Lipinski definition) is 7. The van der Waals surface area contributed by atoms with Crippen molar-refractivity contribution in [2.24, 2.45) is 10.9 Å². The van der Waals surface area contributed by atoms with Gasteiger partial charge in [-0.05, 0) is 0 Å². The molecule has 0 amide bonds. The average molecular weight is 192 g/mol. The quantitative estimate of drug-likeness (QED) is 0.219. The topological polar surface area (TPSA) is 129 Å². The van der Waals surface area contributed by atoms with Crippen LogP contribution in [-0.4, -0.2) is 57.3 Å². The van der Waals surface area contributed by atoms with Crippen molar-refractivity contribution in [1.82, 2.24) is 0 Å². The summed E-state index contributed by atoms with van der Waals surface area (Å²) < 4.78 is 4.71. The molecule has 13 heavy (non-hydrogen) atoms. The second-order valence-corrected chi connectivity index (χ2v) is 2.70. The van der Waals surface area contributed by atoms with Crippen LogP contribution in [0.4, 0.5) is 0 Å². The molecule has 1 aliphatic heterocycles. The second kappa shape index (κ2) is 3.99. The summed E-state index contributed by atoms with van der Waals surface area (Å²) in [6.07, 6.45) is -5.27. The van der Waals surface area contributed by atoms with E-state index in [0.29, 0.717) is 0 Å². The van der Waals surface area contributed by atoms with Gasteiger partial charge < -0.3 is 31.0 Å². The molecule has 4 atom stereocenters. The van der Waals surface area contributed by atoms with Gasteiger partial charge in [0, 0.05) is 0 Å². The van der Waals surface area contributed by atoms with Crippen molar-refractivity contribution < 1.29 is 25.2 Å². The van der Waals surface area contributed by atoms with Crippen molar-refractivity contribution >= 4 is 5.71 Å². The van der Waals surface area contributed by atoms with Gasteiger partial charge in [0.05, 0.1) is 6.61 Å². The fraction of sp³-hybridized carbons (Fsp3) is 0.833. The van der Waals surface area contributed by atoms with Gasteiger partial charge in [0.15, 0.2) is 6.29 Å². The molecule has 7 heteroatoms. The Labute approximate surface area is 74.1 Å². The first kappa shape index (κ1) is 10.4. The van der Waals surface area contributed by atoms with E-state index >= 15 is 0 Å². The fourth-order valence-corrected chi connectivity index (χ4v) is 1.13. The number of ether oxygens (including phenoxy) is 1. The Kier molecular flexibility index (Phi) is 3.17. The maximum absolute atomic E-state index is 9.30. The largest absolute Gasteiger partial charge is 0.394 e. The van der Waals surface area contributed by atoms with Crippen LogP contribution in [0.25, 0.3) is 0 Å². The van der Waals surface area contributed by atoms with Gasteiger partial charge in [0.25, 0.3) is 0 Å². The normalized spacial score (nSPS) is 43.8. The summed E-state index contributed by atoms with van der Waals surface area (Å²) in [5, 5.41) is 39.5. The molecule has 1 heterocycles. The van der Waals surface area contributed by atoms with Crippen LogP contribution in [0, 0.1) is 0 Å². The minimum Gasteiger partial charge on any atom is -0.394 e. The third-order valence-corrected chi connectivity index (χ3v) is 1.89. The molecule has 0 aromatic rings. The number of nitrogens with two attached hydrogens (primary N) is 1. The molecular formula is C6H12N2O5. The van der Waals surface area contributed by atoms with Gasteiger partial charge in [-0.15, -0.1) is 0 Å². The highest BCUT2D eigenvalue weighted by Gasteiger charge is 2.40. The predicted octanol–water partition coefficient (Wildman–Crippen LogP) is -3.27.